The third-order valence-electron chi connectivity index (χ3n) is 6.76. The number of hydrogen-bond donors (Lipinski definition) is 1. The third kappa shape index (κ3) is 10.6. The van der Waals surface area contributed by atoms with E-state index in [9.17, 15) is 14.7 Å². The van der Waals surface area contributed by atoms with Crippen molar-refractivity contribution in [3.8, 4) is 11.1 Å². The number of carbonyl (C=O) groups excluding carboxylic acids is 2. The van der Waals surface area contributed by atoms with Crippen molar-refractivity contribution in [1.29, 1.82) is 0 Å². The van der Waals surface area contributed by atoms with Crippen LogP contribution in [0.5, 0.6) is 0 Å². The van der Waals surface area contributed by atoms with Crippen molar-refractivity contribution in [2.45, 2.75) is 57.5 Å². The number of aliphatic carboxylic acids is 1. The summed E-state index contributed by atoms with van der Waals surface area (Å²) in [4.78, 5) is 25.8. The molecule has 0 aliphatic carbocycles. The van der Waals surface area contributed by atoms with Crippen molar-refractivity contribution in [1.82, 2.24) is 4.98 Å². The van der Waals surface area contributed by atoms with Gasteiger partial charge in [-0.3, -0.25) is 9.78 Å². The Morgan fingerprint density at radius 2 is 1.69 bits per heavy atom. The molecule has 0 bridgehead atoms. The number of nitrogens with two attached hydrogens (primary N) is 1. The fraction of sp³-hybridized carbons (Fsp3) is 0.367. The summed E-state index contributed by atoms with van der Waals surface area (Å²) < 4.78 is 6.86. The van der Waals surface area contributed by atoms with Gasteiger partial charge in [0.15, 0.2) is 14.6 Å². The maximum atomic E-state index is 11.7. The molecule has 3 aromatic rings. The van der Waals surface area contributed by atoms with Crippen molar-refractivity contribution in [2.24, 2.45) is 5.73 Å². The number of pyridine rings is 1. The second-order valence-electron chi connectivity index (χ2n) is 10.6. The van der Waals surface area contributed by atoms with Crippen LogP contribution in [0.4, 0.5) is 0 Å². The maximum absolute atomic E-state index is 11.7. The van der Waals surface area contributed by atoms with Gasteiger partial charge in [0.1, 0.15) is 0 Å². The number of rotatable bonds is 10. The molecular weight excluding hydrogens is 535 g/mol. The zero-order valence-corrected chi connectivity index (χ0v) is 28.0. The summed E-state index contributed by atoms with van der Waals surface area (Å²) in [5.41, 5.74) is 9.88. The molecule has 3 rings (SSSR count). The number of hydrogen-bond acceptors (Lipinski definition) is 7. The fourth-order valence-electron chi connectivity index (χ4n) is 3.41. The molecule has 1 unspecified atom stereocenters. The second kappa shape index (κ2) is 16.5. The number of benzene rings is 2. The van der Waals surface area contributed by atoms with Gasteiger partial charge in [0.05, 0.1) is 12.1 Å². The molecule has 0 saturated carbocycles. The molecule has 9 heteroatoms. The summed E-state index contributed by atoms with van der Waals surface area (Å²) in [6.45, 7) is 11.3. The molecule has 0 aliphatic rings. The van der Waals surface area contributed by atoms with E-state index in [0.717, 1.165) is 34.3 Å². The Labute approximate surface area is 260 Å². The van der Waals surface area contributed by atoms with E-state index in [-0.39, 0.29) is 40.7 Å². The second-order valence-corrected chi connectivity index (χ2v) is 16.3. The van der Waals surface area contributed by atoms with E-state index in [1.807, 2.05) is 60.9 Å². The number of carboxylic acid groups (broad SMARTS) is 1. The van der Waals surface area contributed by atoms with Gasteiger partial charge in [-0.1, -0.05) is 63.2 Å². The van der Waals surface area contributed by atoms with Gasteiger partial charge < -0.3 is 20.1 Å². The first-order chi connectivity index (χ1) is 17.9. The Kier molecular flexibility index (Phi) is 14.9. The van der Waals surface area contributed by atoms with E-state index < -0.39 is 20.3 Å². The van der Waals surface area contributed by atoms with Crippen molar-refractivity contribution in [3.05, 3.63) is 89.7 Å². The number of aromatic nitrogens is 1. The molecule has 0 spiro atoms. The van der Waals surface area contributed by atoms with Crippen molar-refractivity contribution >= 4 is 32.3 Å². The van der Waals surface area contributed by atoms with Crippen molar-refractivity contribution < 1.29 is 48.7 Å². The SMILES string of the molecule is CC(C)(C)[Si](C)(C)OC(c1ccncc1)c1ccc(C=O)c(-c2ccccc2)c1.CSCC[C@H](N)C(=O)[O-].[Na+]. The van der Waals surface area contributed by atoms with E-state index in [1.165, 1.54) is 0 Å². The molecule has 204 valence electrons. The van der Waals surface area contributed by atoms with E-state index in [4.69, 9.17) is 10.2 Å². The minimum Gasteiger partial charge on any atom is -0.548 e. The van der Waals surface area contributed by atoms with Gasteiger partial charge in [-0.2, -0.15) is 11.8 Å². The molecule has 2 N–H and O–H groups in total. The minimum atomic E-state index is -2.04. The quantitative estimate of drug-likeness (QED) is 0.293. The van der Waals surface area contributed by atoms with E-state index >= 15 is 0 Å². The molecule has 1 heterocycles. The average molecular weight is 575 g/mol. The molecule has 0 radical (unpaired) electrons. The van der Waals surface area contributed by atoms with E-state index in [1.54, 1.807) is 24.2 Å². The van der Waals surface area contributed by atoms with Crippen LogP contribution in [0, 0.1) is 0 Å². The van der Waals surface area contributed by atoms with Crippen LogP contribution in [-0.4, -0.2) is 43.6 Å². The van der Waals surface area contributed by atoms with Crippen LogP contribution in [0.3, 0.4) is 0 Å². The van der Waals surface area contributed by atoms with Crippen LogP contribution < -0.4 is 40.4 Å². The first kappa shape index (κ1) is 35.2. The van der Waals surface area contributed by atoms with Crippen molar-refractivity contribution in [2.75, 3.05) is 12.0 Å². The summed E-state index contributed by atoms with van der Waals surface area (Å²) in [5, 5.41) is 10.0. The van der Waals surface area contributed by atoms with Crippen molar-refractivity contribution in [3.63, 3.8) is 0 Å². The first-order valence-electron chi connectivity index (χ1n) is 12.6. The molecule has 1 aromatic heterocycles. The Morgan fingerprint density at radius 3 is 2.21 bits per heavy atom. The standard InChI is InChI=1S/C25H29NO2Si.C5H11NO2S.Na/c1-25(2,3)29(4,5)28-24(20-13-15-26-16-14-20)21-11-12-22(18-27)23(17-21)19-9-7-6-8-10-19;1-9-3-2-4(6)5(7)8;/h6-18,24H,1-5H3;4H,2-3,6H2,1H3,(H,7,8);/q;;+1/p-1/t;4-;/m.0./s1. The number of carboxylic acids is 1. The number of carbonyl (C=O) groups is 2. The van der Waals surface area contributed by atoms with Gasteiger partial charge in [0.2, 0.25) is 0 Å². The Hall–Kier alpha value is -1.78. The van der Waals surface area contributed by atoms with Gasteiger partial charge in [-0.05, 0) is 77.0 Å². The molecule has 0 saturated heterocycles. The molecule has 6 nitrogen and oxygen atoms in total. The van der Waals surface area contributed by atoms with Crippen LogP contribution in [0.15, 0.2) is 73.1 Å². The molecular formula is C30H39N2NaO4SSi. The predicted octanol–water partition coefficient (Wildman–Crippen LogP) is 2.49. The monoisotopic (exact) mass is 574 g/mol. The Bertz CT molecular complexity index is 1170. The van der Waals surface area contributed by atoms with E-state index in [2.05, 4.69) is 44.9 Å². The predicted molar refractivity (Wildman–Crippen MR) is 158 cm³/mol. The van der Waals surface area contributed by atoms with Crippen LogP contribution >= 0.6 is 11.8 Å². The largest absolute Gasteiger partial charge is 1.00 e. The summed E-state index contributed by atoms with van der Waals surface area (Å²) in [6.07, 6.45) is 6.71. The summed E-state index contributed by atoms with van der Waals surface area (Å²) in [7, 11) is -2.04. The Balaban J connectivity index is 0.000000656. The minimum absolute atomic E-state index is 0. The number of thioether (sulfide) groups is 1. The van der Waals surface area contributed by atoms with Gasteiger partial charge in [0.25, 0.3) is 0 Å². The molecule has 39 heavy (non-hydrogen) atoms. The van der Waals surface area contributed by atoms with E-state index in [0.29, 0.717) is 12.0 Å². The summed E-state index contributed by atoms with van der Waals surface area (Å²) >= 11 is 1.58. The summed E-state index contributed by atoms with van der Waals surface area (Å²) in [6, 6.07) is 19.2. The first-order valence-corrected chi connectivity index (χ1v) is 16.9. The maximum Gasteiger partial charge on any atom is 1.00 e. The van der Waals surface area contributed by atoms with Gasteiger partial charge >= 0.3 is 29.6 Å². The smallest absolute Gasteiger partial charge is 0.548 e. The number of nitrogens with zero attached hydrogens (tertiary/aromatic N) is 1. The zero-order valence-electron chi connectivity index (χ0n) is 24.1. The van der Waals surface area contributed by atoms with Crippen LogP contribution in [0.25, 0.3) is 11.1 Å². The van der Waals surface area contributed by atoms with Crippen LogP contribution in [0.1, 0.15) is 54.8 Å². The summed E-state index contributed by atoms with van der Waals surface area (Å²) in [5.74, 6) is -0.390. The fourth-order valence-corrected chi connectivity index (χ4v) is 5.11. The molecule has 0 fully saturated rings. The molecule has 2 atom stereocenters. The van der Waals surface area contributed by atoms with Gasteiger partial charge in [-0.25, -0.2) is 0 Å². The van der Waals surface area contributed by atoms with Crippen LogP contribution in [-0.2, 0) is 9.22 Å². The topological polar surface area (TPSA) is 105 Å². The third-order valence-corrected chi connectivity index (χ3v) is 11.8. The number of aldehydes is 1. The average Bonchev–Trinajstić information content (AvgIpc) is 2.90. The van der Waals surface area contributed by atoms with Gasteiger partial charge in [0, 0.05) is 24.0 Å². The molecule has 0 aliphatic heterocycles. The van der Waals surface area contributed by atoms with Crippen LogP contribution in [0.2, 0.25) is 18.1 Å². The zero-order chi connectivity index (χ0) is 28.3. The Morgan fingerprint density at radius 1 is 1.08 bits per heavy atom. The molecule has 0 amide bonds. The normalized spacial score (nSPS) is 12.8. The van der Waals surface area contributed by atoms with Gasteiger partial charge in [-0.15, -0.1) is 0 Å². The molecule has 2 aromatic carbocycles.